The molecule has 0 aliphatic carbocycles. The molecule has 0 spiro atoms. The van der Waals surface area contributed by atoms with Gasteiger partial charge in [-0.15, -0.1) is 11.6 Å². The summed E-state index contributed by atoms with van der Waals surface area (Å²) < 4.78 is 30.2. The van der Waals surface area contributed by atoms with Crippen LogP contribution >= 0.6 is 11.6 Å². The molecule has 29 heteroatoms. The van der Waals surface area contributed by atoms with Crippen LogP contribution in [0.25, 0.3) is 16.4 Å². The number of benzene rings is 4. The predicted molar refractivity (Wildman–Crippen MR) is 346 cm³/mol. The first-order valence-corrected chi connectivity index (χ1v) is 31.0. The van der Waals surface area contributed by atoms with Crippen LogP contribution in [0.1, 0.15) is 70.1 Å². The predicted octanol–water partition coefficient (Wildman–Crippen LogP) is 5.22. The minimum absolute atomic E-state index is 0.0164. The fraction of sp³-hybridized carbons (Fsp3) is 0.385. The van der Waals surface area contributed by atoms with E-state index in [1.807, 2.05) is 36.1 Å². The number of aliphatic hydroxyl groups excluding tert-OH is 1. The van der Waals surface area contributed by atoms with Gasteiger partial charge in [0.25, 0.3) is 23.6 Å². The summed E-state index contributed by atoms with van der Waals surface area (Å²) in [5.74, 6) is -2.87. The lowest BCUT2D eigenvalue weighted by Crippen LogP contribution is -2.54. The number of alkyl halides is 1. The van der Waals surface area contributed by atoms with Crippen LogP contribution in [0.5, 0.6) is 11.5 Å². The number of imide groups is 1. The number of pyridine rings is 1. The van der Waals surface area contributed by atoms with Gasteiger partial charge in [-0.25, -0.2) is 19.4 Å². The summed E-state index contributed by atoms with van der Waals surface area (Å²) in [4.78, 5) is 127. The average Bonchev–Trinajstić information content (AvgIpc) is 1.54. The second-order valence-corrected chi connectivity index (χ2v) is 22.9. The number of aromatic hydroxyl groups is 1. The quantitative estimate of drug-likeness (QED) is 0.0113. The summed E-state index contributed by atoms with van der Waals surface area (Å²) >= 11 is 6.68. The number of amides is 10. The van der Waals surface area contributed by atoms with Crippen LogP contribution in [-0.4, -0.2) is 199 Å². The number of carbonyl (C=O) groups is 9. The first kappa shape index (κ1) is 70.0. The van der Waals surface area contributed by atoms with E-state index in [1.54, 1.807) is 79.0 Å². The Hall–Kier alpha value is -9.87. The molecule has 0 unspecified atom stereocenters. The molecule has 2 aliphatic rings. The number of imidazole rings is 1. The zero-order chi connectivity index (χ0) is 67.4. The zero-order valence-corrected chi connectivity index (χ0v) is 53.2. The number of hydrogen-bond acceptors (Lipinski definition) is 18. The third kappa shape index (κ3) is 18.9. The maximum atomic E-state index is 14.6. The minimum atomic E-state index is -1.14. The number of anilines is 3. The molecule has 0 bridgehead atoms. The lowest BCUT2D eigenvalue weighted by Gasteiger charge is -2.26. The SMILES string of the molecule is Cc1cccc2c(OCN(CCOCCO)CCN(C)C(=O)OCc3ccc(NC(=O)[C@H](CCCNC(N)=O)NC(=O)[C@@H](NC(=O)OCCOCCN4C(=O)C=CC4=O)C(C)C)cc3)cc3c(c12)[C@H](CCl)CN3C(=O)c1cn2cc(NC(=O)c3ccc(O)cc3)ccc2n1. The molecular formula is C65H77ClN12O16. The number of phenols is 1. The number of ether oxygens (including phenoxy) is 5. The smallest absolute Gasteiger partial charge is 0.409 e. The van der Waals surface area contributed by atoms with Crippen molar-refractivity contribution in [2.45, 2.75) is 58.2 Å². The summed E-state index contributed by atoms with van der Waals surface area (Å²) in [6, 6.07) is 20.4. The van der Waals surface area contributed by atoms with Gasteiger partial charge in [0.2, 0.25) is 11.8 Å². The molecular weight excluding hydrogens is 1240 g/mol. The Balaban J connectivity index is 0.855. The van der Waals surface area contributed by atoms with Crippen LogP contribution in [0.2, 0.25) is 0 Å². The molecule has 500 valence electrons. The molecule has 10 amide bonds. The highest BCUT2D eigenvalue weighted by atomic mass is 35.5. The number of aromatic nitrogens is 2. The normalized spacial score (nSPS) is 14.1. The number of alkyl carbamates (subject to hydrolysis) is 1. The van der Waals surface area contributed by atoms with Crippen LogP contribution in [0.4, 0.5) is 31.4 Å². The van der Waals surface area contributed by atoms with Crippen molar-refractivity contribution in [2.24, 2.45) is 11.7 Å². The van der Waals surface area contributed by atoms with Gasteiger partial charge in [-0.3, -0.25) is 38.6 Å². The van der Waals surface area contributed by atoms with Crippen molar-refractivity contribution >= 4 is 98.7 Å². The summed E-state index contributed by atoms with van der Waals surface area (Å²) in [5, 5.41) is 34.1. The molecule has 8 rings (SSSR count). The van der Waals surface area contributed by atoms with E-state index in [9.17, 15) is 53.4 Å². The number of nitrogens with one attached hydrogen (secondary N) is 5. The number of nitrogens with zero attached hydrogens (tertiary/aromatic N) is 6. The van der Waals surface area contributed by atoms with Crippen LogP contribution in [0, 0.1) is 12.8 Å². The largest absolute Gasteiger partial charge is 0.508 e. The highest BCUT2D eigenvalue weighted by molar-refractivity contribution is 6.19. The number of carbonyl (C=O) groups excluding carboxylic acids is 9. The number of primary amides is 1. The molecule has 9 N–H and O–H groups in total. The maximum absolute atomic E-state index is 14.6. The Kier molecular flexibility index (Phi) is 25.0. The van der Waals surface area contributed by atoms with Crippen molar-refractivity contribution in [1.82, 2.24) is 40.0 Å². The topological polar surface area (TPSA) is 357 Å². The number of urea groups is 1. The number of likely N-dealkylation sites (N-methyl/N-ethyl adjacent to an activating group) is 1. The number of nitrogens with two attached hydrogens (primary N) is 1. The van der Waals surface area contributed by atoms with Crippen LogP contribution in [0.3, 0.4) is 0 Å². The molecule has 0 radical (unpaired) electrons. The van der Waals surface area contributed by atoms with Gasteiger partial charge in [0.05, 0.1) is 51.0 Å². The van der Waals surface area contributed by atoms with E-state index >= 15 is 0 Å². The molecule has 2 aromatic heterocycles. The second kappa shape index (κ2) is 33.6. The highest BCUT2D eigenvalue weighted by Gasteiger charge is 2.37. The van der Waals surface area contributed by atoms with Crippen molar-refractivity contribution in [3.8, 4) is 11.5 Å². The van der Waals surface area contributed by atoms with Gasteiger partial charge in [-0.1, -0.05) is 44.2 Å². The van der Waals surface area contributed by atoms with E-state index < -0.39 is 59.8 Å². The van der Waals surface area contributed by atoms with Gasteiger partial charge in [0.15, 0.2) is 0 Å². The molecule has 4 heterocycles. The number of rotatable bonds is 33. The average molecular weight is 1320 g/mol. The van der Waals surface area contributed by atoms with E-state index in [1.165, 1.54) is 29.2 Å². The lowest BCUT2D eigenvalue weighted by molar-refractivity contribution is -0.137. The van der Waals surface area contributed by atoms with Gasteiger partial charge in [0, 0.05) is 98.8 Å². The first-order valence-electron chi connectivity index (χ1n) is 30.4. The molecule has 94 heavy (non-hydrogen) atoms. The van der Waals surface area contributed by atoms with Crippen molar-refractivity contribution < 1.29 is 77.0 Å². The van der Waals surface area contributed by atoms with E-state index in [-0.39, 0.29) is 127 Å². The third-order valence-electron chi connectivity index (χ3n) is 15.4. The molecule has 2 aliphatic heterocycles. The van der Waals surface area contributed by atoms with Crippen LogP contribution < -0.4 is 42.0 Å². The number of hydrogen-bond donors (Lipinski definition) is 8. The fourth-order valence-corrected chi connectivity index (χ4v) is 10.7. The fourth-order valence-electron chi connectivity index (χ4n) is 10.4. The number of halogens is 1. The summed E-state index contributed by atoms with van der Waals surface area (Å²) in [5.41, 5.74) is 10.1. The van der Waals surface area contributed by atoms with Gasteiger partial charge in [0.1, 0.15) is 54.9 Å². The van der Waals surface area contributed by atoms with Crippen molar-refractivity contribution in [3.05, 3.63) is 137 Å². The van der Waals surface area contributed by atoms with Gasteiger partial charge in [-0.2, -0.15) is 0 Å². The zero-order valence-electron chi connectivity index (χ0n) is 52.5. The molecule has 4 aromatic carbocycles. The summed E-state index contributed by atoms with van der Waals surface area (Å²) in [6.45, 7) is 6.46. The van der Waals surface area contributed by atoms with Gasteiger partial charge >= 0.3 is 18.2 Å². The molecule has 28 nitrogen and oxygen atoms in total. The Labute approximate surface area is 546 Å². The molecule has 0 fully saturated rings. The number of phenolic OH excluding ortho intramolecular Hbond substituents is 1. The lowest BCUT2D eigenvalue weighted by atomic mass is 9.92. The summed E-state index contributed by atoms with van der Waals surface area (Å²) in [6.07, 6.45) is 4.33. The van der Waals surface area contributed by atoms with E-state index in [4.69, 9.17) is 41.0 Å². The van der Waals surface area contributed by atoms with Crippen molar-refractivity contribution in [1.29, 1.82) is 0 Å². The first-order chi connectivity index (χ1) is 45.2. The van der Waals surface area contributed by atoms with E-state index in [0.717, 1.165) is 39.0 Å². The van der Waals surface area contributed by atoms with Crippen molar-refractivity contribution in [2.75, 3.05) is 114 Å². The number of fused-ring (bicyclic) bond motifs is 4. The molecule has 0 saturated carbocycles. The van der Waals surface area contributed by atoms with E-state index in [0.29, 0.717) is 52.7 Å². The maximum Gasteiger partial charge on any atom is 0.409 e. The Morgan fingerprint density at radius 3 is 2.27 bits per heavy atom. The standard InChI is InChI=1S/C65H77ClN12O16/c1-40(2)58(73-64(88)92-32-31-91-29-26-77-54(81)20-21-55(77)82)61(85)72-49(9-6-22-68-63(67)87)60(84)69-45-14-10-42(11-15-45)38-93-65(89)74(4)23-24-75(25-28-90-30-27-79)39-94-52-33-51-57(56-41(3)7-5-8-48(52)56)44(34-66)35-78(51)62(86)50-37-76-36-46(16-19-53(76)71-50)70-59(83)43-12-17-47(80)18-13-43/h5,7-8,10-21,33,36-37,40,44,49,58,79-80H,6,9,22-32,34-35,38-39H2,1-4H3,(H,69,84)(H,70,83)(H,72,85)(H,73,88)(H3,67,68,87)/t44-,49+,58+/m1/s1. The van der Waals surface area contributed by atoms with Crippen LogP contribution in [0.15, 0.2) is 109 Å². The molecule has 3 atom stereocenters. The number of aryl methyl sites for hydroxylation is 1. The number of aliphatic hydroxyl groups is 1. The molecule has 0 saturated heterocycles. The van der Waals surface area contributed by atoms with E-state index in [2.05, 4.69) is 31.6 Å². The highest BCUT2D eigenvalue weighted by Crippen LogP contribution is 2.47. The van der Waals surface area contributed by atoms with Gasteiger partial charge < -0.3 is 80.4 Å². The Morgan fingerprint density at radius 2 is 1.55 bits per heavy atom. The van der Waals surface area contributed by atoms with Gasteiger partial charge in [-0.05, 0) is 96.3 Å². The van der Waals surface area contributed by atoms with Crippen molar-refractivity contribution in [3.63, 3.8) is 0 Å². The van der Waals surface area contributed by atoms with Crippen LogP contribution in [-0.2, 0) is 44.7 Å². The third-order valence-corrected chi connectivity index (χ3v) is 15.8. The second-order valence-electron chi connectivity index (χ2n) is 22.5. The molecule has 6 aromatic rings. The minimum Gasteiger partial charge on any atom is -0.508 e. The Morgan fingerprint density at radius 1 is 0.819 bits per heavy atom. The Bertz CT molecular complexity index is 3720. The monoisotopic (exact) mass is 1320 g/mol. The summed E-state index contributed by atoms with van der Waals surface area (Å²) in [7, 11) is 1.59.